The van der Waals surface area contributed by atoms with E-state index in [1.165, 1.54) is 257 Å². The Morgan fingerprint density at radius 3 is 0.805 bits per heavy atom. The van der Waals surface area contributed by atoms with Crippen molar-refractivity contribution in [1.29, 1.82) is 0 Å². The average molecular weight is 1080 g/mol. The molecular weight excluding hydrogens is 949 g/mol. The molecule has 77 heavy (non-hydrogen) atoms. The van der Waals surface area contributed by atoms with E-state index in [4.69, 9.17) is 14.2 Å². The molecule has 0 heterocycles. The Bertz CT molecular complexity index is 1290. The van der Waals surface area contributed by atoms with Crippen LogP contribution in [0.2, 0.25) is 0 Å². The first-order valence-electron chi connectivity index (χ1n) is 34.5. The third-order valence-electron chi connectivity index (χ3n) is 15.6. The zero-order chi connectivity index (χ0) is 55.7. The van der Waals surface area contributed by atoms with Gasteiger partial charge >= 0.3 is 17.9 Å². The zero-order valence-electron chi connectivity index (χ0n) is 52.0. The maximum Gasteiger partial charge on any atom is 0.306 e. The number of ether oxygens (including phenoxy) is 3. The Hall–Kier alpha value is -2.37. The first-order chi connectivity index (χ1) is 38.0. The quantitative estimate of drug-likeness (QED) is 0.0261. The number of hydrogen-bond donors (Lipinski definition) is 0. The molecule has 0 bridgehead atoms. The largest absolute Gasteiger partial charge is 0.462 e. The van der Waals surface area contributed by atoms with Gasteiger partial charge in [-0.3, -0.25) is 14.4 Å². The Kier molecular flexibility index (Phi) is 64.1. The molecule has 0 saturated carbocycles. The third-order valence-corrected chi connectivity index (χ3v) is 15.6. The molecule has 0 amide bonds. The van der Waals surface area contributed by atoms with Crippen molar-refractivity contribution in [3.8, 4) is 0 Å². The maximum absolute atomic E-state index is 12.9. The summed E-state index contributed by atoms with van der Waals surface area (Å²) in [6, 6.07) is 0. The summed E-state index contributed by atoms with van der Waals surface area (Å²) in [4.78, 5) is 38.2. The highest BCUT2D eigenvalue weighted by atomic mass is 16.6. The number of hydrogen-bond acceptors (Lipinski definition) is 6. The summed E-state index contributed by atoms with van der Waals surface area (Å²) in [5, 5.41) is 0. The Labute approximate surface area is 480 Å². The SMILES string of the molecule is CCC/C=C\CCCCCCCC(=O)OCC(COC(=O)CCCCCCCCCCCCCCCCCCCCCCCCCCCCCCCCCC)OC(=O)CCCCCCCCC/C=C\C/C=C\CCCCC. The van der Waals surface area contributed by atoms with E-state index in [1.807, 2.05) is 0 Å². The summed E-state index contributed by atoms with van der Waals surface area (Å²) in [6.07, 6.45) is 82.0. The fourth-order valence-corrected chi connectivity index (χ4v) is 10.4. The molecule has 0 saturated heterocycles. The monoisotopic (exact) mass is 1080 g/mol. The maximum atomic E-state index is 12.9. The van der Waals surface area contributed by atoms with Gasteiger partial charge in [-0.1, -0.05) is 327 Å². The zero-order valence-corrected chi connectivity index (χ0v) is 52.0. The minimum atomic E-state index is -0.778. The number of esters is 3. The predicted octanol–water partition coefficient (Wildman–Crippen LogP) is 23.6. The van der Waals surface area contributed by atoms with Crippen molar-refractivity contribution in [1.82, 2.24) is 0 Å². The minimum Gasteiger partial charge on any atom is -0.462 e. The third kappa shape index (κ3) is 64.3. The summed E-state index contributed by atoms with van der Waals surface area (Å²) in [7, 11) is 0. The number of allylic oxidation sites excluding steroid dienone is 6. The number of carbonyl (C=O) groups is 3. The van der Waals surface area contributed by atoms with Crippen LogP contribution in [0.5, 0.6) is 0 Å². The van der Waals surface area contributed by atoms with Crippen LogP contribution < -0.4 is 0 Å². The van der Waals surface area contributed by atoms with Crippen molar-refractivity contribution in [2.75, 3.05) is 13.2 Å². The summed E-state index contributed by atoms with van der Waals surface area (Å²) >= 11 is 0. The minimum absolute atomic E-state index is 0.0743. The van der Waals surface area contributed by atoms with Crippen molar-refractivity contribution in [2.24, 2.45) is 0 Å². The highest BCUT2D eigenvalue weighted by Crippen LogP contribution is 2.19. The highest BCUT2D eigenvalue weighted by molar-refractivity contribution is 5.71. The summed E-state index contributed by atoms with van der Waals surface area (Å²) in [5.41, 5.74) is 0. The van der Waals surface area contributed by atoms with Crippen LogP contribution in [0.15, 0.2) is 36.5 Å². The van der Waals surface area contributed by atoms with Gasteiger partial charge < -0.3 is 14.2 Å². The lowest BCUT2D eigenvalue weighted by molar-refractivity contribution is -0.167. The lowest BCUT2D eigenvalue weighted by atomic mass is 10.0. The van der Waals surface area contributed by atoms with E-state index >= 15 is 0 Å². The van der Waals surface area contributed by atoms with Crippen LogP contribution in [-0.4, -0.2) is 37.2 Å². The lowest BCUT2D eigenvalue weighted by Gasteiger charge is -2.18. The van der Waals surface area contributed by atoms with Crippen LogP contribution in [0.25, 0.3) is 0 Å². The van der Waals surface area contributed by atoms with Crippen LogP contribution in [0.4, 0.5) is 0 Å². The van der Waals surface area contributed by atoms with Gasteiger partial charge in [-0.2, -0.15) is 0 Å². The van der Waals surface area contributed by atoms with E-state index in [1.54, 1.807) is 0 Å². The topological polar surface area (TPSA) is 78.9 Å². The highest BCUT2D eigenvalue weighted by Gasteiger charge is 2.19. The van der Waals surface area contributed by atoms with Crippen LogP contribution in [0.3, 0.4) is 0 Å². The normalized spacial score (nSPS) is 12.2. The number of carbonyl (C=O) groups excluding carboxylic acids is 3. The van der Waals surface area contributed by atoms with E-state index in [0.29, 0.717) is 19.3 Å². The molecule has 0 aliphatic rings. The van der Waals surface area contributed by atoms with Crippen molar-refractivity contribution < 1.29 is 28.6 Å². The first-order valence-corrected chi connectivity index (χ1v) is 34.5. The van der Waals surface area contributed by atoms with Gasteiger partial charge in [0, 0.05) is 19.3 Å². The molecule has 0 rings (SSSR count). The van der Waals surface area contributed by atoms with Gasteiger partial charge in [-0.25, -0.2) is 0 Å². The lowest BCUT2D eigenvalue weighted by Crippen LogP contribution is -2.30. The van der Waals surface area contributed by atoms with Gasteiger partial charge in [0.15, 0.2) is 6.10 Å². The van der Waals surface area contributed by atoms with E-state index in [0.717, 1.165) is 83.5 Å². The van der Waals surface area contributed by atoms with Gasteiger partial charge in [-0.05, 0) is 70.6 Å². The van der Waals surface area contributed by atoms with Crippen molar-refractivity contribution >= 4 is 17.9 Å². The molecule has 1 unspecified atom stereocenters. The molecule has 452 valence electrons. The molecule has 6 nitrogen and oxygen atoms in total. The van der Waals surface area contributed by atoms with E-state index < -0.39 is 6.10 Å². The van der Waals surface area contributed by atoms with Crippen molar-refractivity contribution in [3.63, 3.8) is 0 Å². The van der Waals surface area contributed by atoms with E-state index in [-0.39, 0.29) is 31.1 Å². The van der Waals surface area contributed by atoms with Crippen LogP contribution >= 0.6 is 0 Å². The van der Waals surface area contributed by atoms with Gasteiger partial charge in [0.1, 0.15) is 13.2 Å². The summed E-state index contributed by atoms with van der Waals surface area (Å²) < 4.78 is 16.9. The molecular formula is C71H132O6. The fourth-order valence-electron chi connectivity index (χ4n) is 10.4. The molecule has 0 aromatic carbocycles. The Morgan fingerprint density at radius 1 is 0.260 bits per heavy atom. The van der Waals surface area contributed by atoms with Gasteiger partial charge in [0.05, 0.1) is 0 Å². The molecule has 6 heteroatoms. The smallest absolute Gasteiger partial charge is 0.306 e. The van der Waals surface area contributed by atoms with E-state index in [9.17, 15) is 14.4 Å². The van der Waals surface area contributed by atoms with Gasteiger partial charge in [-0.15, -0.1) is 0 Å². The van der Waals surface area contributed by atoms with Gasteiger partial charge in [0.2, 0.25) is 0 Å². The molecule has 0 aliphatic carbocycles. The molecule has 0 spiro atoms. The average Bonchev–Trinajstić information content (AvgIpc) is 3.43. The molecule has 0 N–H and O–H groups in total. The molecule has 0 aromatic heterocycles. The van der Waals surface area contributed by atoms with Crippen molar-refractivity contribution in [3.05, 3.63) is 36.5 Å². The molecule has 0 aromatic rings. The van der Waals surface area contributed by atoms with Crippen LogP contribution in [-0.2, 0) is 28.6 Å². The van der Waals surface area contributed by atoms with Crippen molar-refractivity contribution in [2.45, 2.75) is 386 Å². The van der Waals surface area contributed by atoms with Crippen LogP contribution in [0.1, 0.15) is 380 Å². The standard InChI is InChI=1S/C71H132O6/c1-4-7-10-13-16-19-22-24-26-28-29-30-31-32-33-34-35-36-37-38-39-40-41-42-44-45-47-49-52-55-58-61-64-70(73)76-67-68(66-75-69(72)63-60-57-54-51-21-18-15-12-9-6-3)77-71(74)65-62-59-56-53-50-48-46-43-27-25-23-20-17-14-11-8-5-2/h12,15,17,20,25,27,68H,4-11,13-14,16,18-19,21-24,26,28-67H2,1-3H3/b15-12-,20-17-,27-25-. The molecule has 0 fully saturated rings. The molecule has 0 aliphatic heterocycles. The van der Waals surface area contributed by atoms with Crippen LogP contribution in [0, 0.1) is 0 Å². The summed E-state index contributed by atoms with van der Waals surface area (Å²) in [5.74, 6) is -0.872. The second-order valence-corrected chi connectivity index (χ2v) is 23.4. The van der Waals surface area contributed by atoms with Gasteiger partial charge in [0.25, 0.3) is 0 Å². The summed E-state index contributed by atoms with van der Waals surface area (Å²) in [6.45, 7) is 6.60. The second-order valence-electron chi connectivity index (χ2n) is 23.4. The predicted molar refractivity (Wildman–Crippen MR) is 335 cm³/mol. The first kappa shape index (κ1) is 74.6. The number of unbranched alkanes of at least 4 members (excludes halogenated alkanes) is 47. The molecule has 0 radical (unpaired) electrons. The number of rotatable bonds is 64. The fraction of sp³-hybridized carbons (Fsp3) is 0.873. The molecule has 1 atom stereocenters. The second kappa shape index (κ2) is 66.1. The Morgan fingerprint density at radius 2 is 0.494 bits per heavy atom. The Balaban J connectivity index is 4.05. The van der Waals surface area contributed by atoms with E-state index in [2.05, 4.69) is 57.2 Å².